The van der Waals surface area contributed by atoms with Crippen molar-refractivity contribution in [3.05, 3.63) is 57.5 Å². The molecule has 5 nitrogen and oxygen atoms in total. The summed E-state index contributed by atoms with van der Waals surface area (Å²) in [6.45, 7) is 0. The zero-order chi connectivity index (χ0) is 18.5. The number of amides is 1. The van der Waals surface area contributed by atoms with E-state index < -0.39 is 0 Å². The van der Waals surface area contributed by atoms with E-state index in [0.29, 0.717) is 31.5 Å². The predicted molar refractivity (Wildman–Crippen MR) is 106 cm³/mol. The summed E-state index contributed by atoms with van der Waals surface area (Å²) in [5, 5.41) is 15.5. The van der Waals surface area contributed by atoms with Gasteiger partial charge in [0.15, 0.2) is 5.13 Å². The lowest BCUT2D eigenvalue weighted by Gasteiger charge is -2.02. The van der Waals surface area contributed by atoms with Crippen molar-refractivity contribution in [2.75, 3.05) is 11.1 Å². The van der Waals surface area contributed by atoms with Gasteiger partial charge in [0.25, 0.3) is 0 Å². The third kappa shape index (κ3) is 4.74. The smallest absolute Gasteiger partial charge is 0.236 e. The highest BCUT2D eigenvalue weighted by Gasteiger charge is 2.10. The topological polar surface area (TPSA) is 78.7 Å². The van der Waals surface area contributed by atoms with E-state index in [1.54, 1.807) is 30.5 Å². The van der Waals surface area contributed by atoms with E-state index in [9.17, 15) is 4.79 Å². The number of benzene rings is 1. The van der Waals surface area contributed by atoms with E-state index in [-0.39, 0.29) is 11.7 Å². The minimum absolute atomic E-state index is 0.170. The lowest BCUT2D eigenvalue weighted by Crippen LogP contribution is -2.13. The minimum Gasteiger partial charge on any atom is -0.301 e. The molecule has 3 aromatic rings. The number of nitrogens with zero attached hydrogens (tertiary/aromatic N) is 3. The molecule has 1 amide bonds. The Morgan fingerprint density at radius 1 is 1.27 bits per heavy atom. The quantitative estimate of drug-likeness (QED) is 0.579. The van der Waals surface area contributed by atoms with E-state index in [1.165, 1.54) is 23.1 Å². The Kier molecular flexibility index (Phi) is 6.12. The van der Waals surface area contributed by atoms with Crippen molar-refractivity contribution in [2.45, 2.75) is 5.03 Å². The van der Waals surface area contributed by atoms with Crippen LogP contribution in [0.3, 0.4) is 0 Å². The third-order valence-electron chi connectivity index (χ3n) is 3.18. The number of anilines is 1. The van der Waals surface area contributed by atoms with Crippen LogP contribution in [-0.4, -0.2) is 21.6 Å². The van der Waals surface area contributed by atoms with Crippen LogP contribution in [-0.2, 0) is 4.79 Å². The second kappa shape index (κ2) is 8.52. The number of rotatable bonds is 5. The molecule has 1 N–H and O–H groups in total. The first-order chi connectivity index (χ1) is 12.5. The van der Waals surface area contributed by atoms with Crippen LogP contribution in [0.15, 0.2) is 46.9 Å². The Bertz CT molecular complexity index is 1000. The first-order valence-electron chi connectivity index (χ1n) is 7.25. The van der Waals surface area contributed by atoms with Crippen molar-refractivity contribution in [3.63, 3.8) is 0 Å². The van der Waals surface area contributed by atoms with Crippen LogP contribution in [0.25, 0.3) is 11.3 Å². The number of thiazole rings is 1. The molecular formula is C17H10Cl2N4OS2. The number of hydrogen-bond acceptors (Lipinski definition) is 6. The number of carbonyl (C=O) groups is 1. The molecule has 0 aliphatic carbocycles. The molecule has 0 spiro atoms. The largest absolute Gasteiger partial charge is 0.301 e. The van der Waals surface area contributed by atoms with Gasteiger partial charge in [-0.15, -0.1) is 11.3 Å². The molecule has 0 unspecified atom stereocenters. The average molecular weight is 421 g/mol. The van der Waals surface area contributed by atoms with Crippen molar-refractivity contribution in [3.8, 4) is 17.3 Å². The van der Waals surface area contributed by atoms with E-state index in [4.69, 9.17) is 28.5 Å². The summed E-state index contributed by atoms with van der Waals surface area (Å²) in [6.07, 6.45) is 1.54. The van der Waals surface area contributed by atoms with Crippen LogP contribution < -0.4 is 5.32 Å². The van der Waals surface area contributed by atoms with Gasteiger partial charge in [0.1, 0.15) is 0 Å². The summed E-state index contributed by atoms with van der Waals surface area (Å²) in [5.41, 5.74) is 2.04. The minimum atomic E-state index is -0.200. The summed E-state index contributed by atoms with van der Waals surface area (Å²) in [7, 11) is 0. The molecule has 3 rings (SSSR count). The lowest BCUT2D eigenvalue weighted by molar-refractivity contribution is -0.113. The molecule has 0 radical (unpaired) electrons. The summed E-state index contributed by atoms with van der Waals surface area (Å²) in [4.78, 5) is 20.6. The first-order valence-corrected chi connectivity index (χ1v) is 9.87. The Morgan fingerprint density at radius 3 is 2.88 bits per heavy atom. The van der Waals surface area contributed by atoms with Gasteiger partial charge in [-0.2, -0.15) is 5.26 Å². The number of aromatic nitrogens is 2. The van der Waals surface area contributed by atoms with Crippen molar-refractivity contribution >= 4 is 57.3 Å². The van der Waals surface area contributed by atoms with E-state index in [2.05, 4.69) is 15.3 Å². The zero-order valence-corrected chi connectivity index (χ0v) is 16.2. The number of hydrogen-bond donors (Lipinski definition) is 1. The maximum atomic E-state index is 12.1. The second-order valence-electron chi connectivity index (χ2n) is 5.00. The van der Waals surface area contributed by atoms with Crippen molar-refractivity contribution in [2.24, 2.45) is 0 Å². The van der Waals surface area contributed by atoms with Crippen LogP contribution in [0.4, 0.5) is 5.13 Å². The number of thioether (sulfide) groups is 1. The van der Waals surface area contributed by atoms with Crippen LogP contribution in [0, 0.1) is 11.3 Å². The Balaban J connectivity index is 1.60. The van der Waals surface area contributed by atoms with Crippen LogP contribution in [0.1, 0.15) is 5.56 Å². The third-order valence-corrected chi connectivity index (χ3v) is 5.60. The van der Waals surface area contributed by atoms with Crippen molar-refractivity contribution in [1.29, 1.82) is 5.26 Å². The van der Waals surface area contributed by atoms with Gasteiger partial charge < -0.3 is 5.32 Å². The molecule has 0 saturated carbocycles. The van der Waals surface area contributed by atoms with Gasteiger partial charge in [0, 0.05) is 17.1 Å². The molecule has 26 heavy (non-hydrogen) atoms. The van der Waals surface area contributed by atoms with Gasteiger partial charge in [0.05, 0.1) is 38.2 Å². The van der Waals surface area contributed by atoms with E-state index in [1.807, 2.05) is 17.5 Å². The summed E-state index contributed by atoms with van der Waals surface area (Å²) in [6, 6.07) is 10.6. The Labute approximate surface area is 168 Å². The normalized spacial score (nSPS) is 10.3. The van der Waals surface area contributed by atoms with Gasteiger partial charge in [-0.05, 0) is 24.3 Å². The molecule has 0 atom stereocenters. The number of nitriles is 1. The molecule has 130 valence electrons. The molecule has 0 aliphatic rings. The molecule has 2 heterocycles. The highest BCUT2D eigenvalue weighted by molar-refractivity contribution is 7.99. The van der Waals surface area contributed by atoms with Gasteiger partial charge in [0.2, 0.25) is 5.91 Å². The maximum Gasteiger partial charge on any atom is 0.236 e. The standard InChI is InChI=1S/C17H10Cl2N4OS2/c18-12-2-1-11(6-13(12)19)14-8-26-17(22-14)23-15(24)9-25-16-5-10(7-20)3-4-21-16/h1-6,8H,9H2,(H,22,23,24). The highest BCUT2D eigenvalue weighted by atomic mass is 35.5. The highest BCUT2D eigenvalue weighted by Crippen LogP contribution is 2.30. The fraction of sp³-hybridized carbons (Fsp3) is 0.0588. The summed E-state index contributed by atoms with van der Waals surface area (Å²) < 4.78 is 0. The molecule has 0 saturated heterocycles. The summed E-state index contributed by atoms with van der Waals surface area (Å²) in [5.74, 6) is -0.0296. The van der Waals surface area contributed by atoms with Gasteiger partial charge >= 0.3 is 0 Å². The fourth-order valence-corrected chi connectivity index (χ4v) is 3.70. The van der Waals surface area contributed by atoms with Gasteiger partial charge in [-0.3, -0.25) is 4.79 Å². The predicted octanol–water partition coefficient (Wildman–Crippen LogP) is 5.11. The number of halogens is 2. The summed E-state index contributed by atoms with van der Waals surface area (Å²) >= 11 is 14.5. The SMILES string of the molecule is N#Cc1ccnc(SCC(=O)Nc2nc(-c3ccc(Cl)c(Cl)c3)cs2)c1. The maximum absolute atomic E-state index is 12.1. The van der Waals surface area contributed by atoms with Gasteiger partial charge in [-0.1, -0.05) is 41.0 Å². The van der Waals surface area contributed by atoms with Crippen LogP contribution in [0.2, 0.25) is 10.0 Å². The van der Waals surface area contributed by atoms with E-state index in [0.717, 1.165) is 5.56 Å². The number of nitrogens with one attached hydrogen (secondary N) is 1. The monoisotopic (exact) mass is 420 g/mol. The van der Waals surface area contributed by atoms with Crippen molar-refractivity contribution < 1.29 is 4.79 Å². The lowest BCUT2D eigenvalue weighted by atomic mass is 10.2. The van der Waals surface area contributed by atoms with Crippen LogP contribution >= 0.6 is 46.3 Å². The van der Waals surface area contributed by atoms with Crippen LogP contribution in [0.5, 0.6) is 0 Å². The molecular weight excluding hydrogens is 411 g/mol. The molecule has 9 heteroatoms. The Morgan fingerprint density at radius 2 is 2.12 bits per heavy atom. The molecule has 2 aromatic heterocycles. The van der Waals surface area contributed by atoms with E-state index >= 15 is 0 Å². The molecule has 0 fully saturated rings. The fourth-order valence-electron chi connectivity index (χ4n) is 1.97. The van der Waals surface area contributed by atoms with Gasteiger partial charge in [-0.25, -0.2) is 9.97 Å². The zero-order valence-electron chi connectivity index (χ0n) is 13.1. The molecule has 1 aromatic carbocycles. The number of carbonyl (C=O) groups excluding carboxylic acids is 1. The second-order valence-corrected chi connectivity index (χ2v) is 7.67. The van der Waals surface area contributed by atoms with Crippen molar-refractivity contribution in [1.82, 2.24) is 9.97 Å². The average Bonchev–Trinajstić information content (AvgIpc) is 3.11. The first kappa shape index (κ1) is 18.7. The Hall–Kier alpha value is -2.11. The number of pyridine rings is 1. The molecule has 0 bridgehead atoms. The molecule has 0 aliphatic heterocycles.